The maximum absolute atomic E-state index is 12.6. The number of nitro groups is 1. The summed E-state index contributed by atoms with van der Waals surface area (Å²) in [6, 6.07) is 8.49. The lowest BCUT2D eigenvalue weighted by atomic mass is 9.92. The summed E-state index contributed by atoms with van der Waals surface area (Å²) in [5.74, 6) is 0.589. The Bertz CT molecular complexity index is 1130. The molecule has 0 saturated heterocycles. The molecule has 0 amide bonds. The Labute approximate surface area is 154 Å². The van der Waals surface area contributed by atoms with E-state index in [-0.39, 0.29) is 33.6 Å². The van der Waals surface area contributed by atoms with Gasteiger partial charge in [0.25, 0.3) is 5.69 Å². The molecule has 3 aromatic rings. The molecule has 1 N–H and O–H groups in total. The third-order valence-electron chi connectivity index (χ3n) is 4.77. The van der Waals surface area contributed by atoms with Gasteiger partial charge in [-0.05, 0) is 38.8 Å². The third-order valence-corrected chi connectivity index (χ3v) is 4.77. The molecule has 27 heavy (non-hydrogen) atoms. The quantitative estimate of drug-likeness (QED) is 0.538. The van der Waals surface area contributed by atoms with Crippen molar-refractivity contribution in [3.8, 4) is 22.8 Å². The van der Waals surface area contributed by atoms with Crippen molar-refractivity contribution in [1.82, 2.24) is 0 Å². The second kappa shape index (κ2) is 5.84. The van der Waals surface area contributed by atoms with Crippen LogP contribution in [0.25, 0.3) is 22.3 Å². The minimum Gasteiger partial charge on any atom is -0.507 e. The highest BCUT2D eigenvalue weighted by Crippen LogP contribution is 2.41. The van der Waals surface area contributed by atoms with Crippen LogP contribution in [0.5, 0.6) is 11.5 Å². The van der Waals surface area contributed by atoms with Crippen molar-refractivity contribution in [3.05, 3.63) is 62.3 Å². The van der Waals surface area contributed by atoms with Crippen molar-refractivity contribution in [3.63, 3.8) is 0 Å². The van der Waals surface area contributed by atoms with Crippen molar-refractivity contribution in [2.45, 2.75) is 32.3 Å². The SMILES string of the molecule is CC1(C)CCc2c(cc(O)c3c(=O)cc(-c4ccc([N+](=O)[O-])cc4)oc23)O1. The minimum atomic E-state index is -0.492. The van der Waals surface area contributed by atoms with E-state index in [0.29, 0.717) is 23.3 Å². The molecule has 7 heteroatoms. The van der Waals surface area contributed by atoms with Crippen molar-refractivity contribution in [1.29, 1.82) is 0 Å². The molecule has 0 atom stereocenters. The summed E-state index contributed by atoms with van der Waals surface area (Å²) in [5, 5.41) is 21.3. The zero-order valence-corrected chi connectivity index (χ0v) is 14.8. The molecule has 138 valence electrons. The highest BCUT2D eigenvalue weighted by atomic mass is 16.6. The first-order chi connectivity index (χ1) is 12.7. The fourth-order valence-electron chi connectivity index (χ4n) is 3.34. The first kappa shape index (κ1) is 17.1. The number of hydrogen-bond acceptors (Lipinski definition) is 6. The van der Waals surface area contributed by atoms with Crippen molar-refractivity contribution < 1.29 is 19.2 Å². The zero-order valence-electron chi connectivity index (χ0n) is 14.8. The van der Waals surface area contributed by atoms with E-state index in [0.717, 1.165) is 12.0 Å². The number of phenols is 1. The zero-order chi connectivity index (χ0) is 19.3. The number of nitrogens with zero attached hydrogens (tertiary/aromatic N) is 1. The maximum atomic E-state index is 12.6. The van der Waals surface area contributed by atoms with Gasteiger partial charge in [0, 0.05) is 35.4 Å². The van der Waals surface area contributed by atoms with Gasteiger partial charge in [0.15, 0.2) is 5.43 Å². The Balaban J connectivity index is 1.92. The molecule has 0 spiro atoms. The molecule has 0 aliphatic carbocycles. The van der Waals surface area contributed by atoms with Crippen LogP contribution in [-0.2, 0) is 6.42 Å². The summed E-state index contributed by atoms with van der Waals surface area (Å²) in [6.45, 7) is 3.92. The smallest absolute Gasteiger partial charge is 0.269 e. The summed E-state index contributed by atoms with van der Waals surface area (Å²) in [4.78, 5) is 22.9. The predicted octanol–water partition coefficient (Wildman–Crippen LogP) is 4.18. The van der Waals surface area contributed by atoms with Crippen LogP contribution in [0.15, 0.2) is 45.6 Å². The van der Waals surface area contributed by atoms with Crippen LogP contribution in [-0.4, -0.2) is 15.6 Å². The van der Waals surface area contributed by atoms with E-state index >= 15 is 0 Å². The summed E-state index contributed by atoms with van der Waals surface area (Å²) < 4.78 is 11.9. The summed E-state index contributed by atoms with van der Waals surface area (Å²) >= 11 is 0. The van der Waals surface area contributed by atoms with Gasteiger partial charge >= 0.3 is 0 Å². The fraction of sp³-hybridized carbons (Fsp3) is 0.250. The molecule has 0 radical (unpaired) electrons. The molecule has 7 nitrogen and oxygen atoms in total. The van der Waals surface area contributed by atoms with Crippen LogP contribution in [0, 0.1) is 10.1 Å². The number of aromatic hydroxyl groups is 1. The van der Waals surface area contributed by atoms with Gasteiger partial charge in [-0.1, -0.05) is 0 Å². The summed E-state index contributed by atoms with van der Waals surface area (Å²) in [5.41, 5.74) is 0.768. The molecular formula is C20H17NO6. The first-order valence-corrected chi connectivity index (χ1v) is 8.52. The minimum absolute atomic E-state index is 0.0486. The van der Waals surface area contributed by atoms with Crippen molar-refractivity contribution >= 4 is 16.7 Å². The highest BCUT2D eigenvalue weighted by molar-refractivity contribution is 5.89. The molecule has 0 fully saturated rings. The van der Waals surface area contributed by atoms with Crippen molar-refractivity contribution in [2.24, 2.45) is 0 Å². The lowest BCUT2D eigenvalue weighted by Crippen LogP contribution is -2.32. The average molecular weight is 367 g/mol. The van der Waals surface area contributed by atoms with E-state index in [1.54, 1.807) is 0 Å². The Hall–Kier alpha value is -3.35. The van der Waals surface area contributed by atoms with E-state index in [4.69, 9.17) is 9.15 Å². The Morgan fingerprint density at radius 1 is 1.19 bits per heavy atom. The first-order valence-electron chi connectivity index (χ1n) is 8.52. The van der Waals surface area contributed by atoms with Crippen LogP contribution >= 0.6 is 0 Å². The van der Waals surface area contributed by atoms with Crippen LogP contribution in [0.1, 0.15) is 25.8 Å². The van der Waals surface area contributed by atoms with Gasteiger partial charge in [-0.15, -0.1) is 0 Å². The number of benzene rings is 2. The molecule has 0 bridgehead atoms. The van der Waals surface area contributed by atoms with Gasteiger partial charge in [0.05, 0.1) is 4.92 Å². The van der Waals surface area contributed by atoms with Crippen LogP contribution in [0.3, 0.4) is 0 Å². The molecule has 1 aliphatic rings. The normalized spacial score (nSPS) is 15.2. The molecule has 1 aromatic heterocycles. The molecule has 0 unspecified atom stereocenters. The number of rotatable bonds is 2. The maximum Gasteiger partial charge on any atom is 0.269 e. The molecule has 1 aliphatic heterocycles. The molecule has 2 aromatic carbocycles. The largest absolute Gasteiger partial charge is 0.507 e. The monoisotopic (exact) mass is 367 g/mol. The summed E-state index contributed by atoms with van der Waals surface area (Å²) in [7, 11) is 0. The van der Waals surface area contributed by atoms with Gasteiger partial charge in [0.2, 0.25) is 0 Å². The number of nitro benzene ring substituents is 1. The van der Waals surface area contributed by atoms with Gasteiger partial charge in [-0.25, -0.2) is 0 Å². The van der Waals surface area contributed by atoms with Crippen LogP contribution in [0.2, 0.25) is 0 Å². The van der Waals surface area contributed by atoms with Gasteiger partial charge in [-0.2, -0.15) is 0 Å². The number of hydrogen-bond donors (Lipinski definition) is 1. The van der Waals surface area contributed by atoms with Crippen LogP contribution in [0.4, 0.5) is 5.69 Å². The molecule has 2 heterocycles. The molecule has 4 rings (SSSR count). The number of ether oxygens (including phenoxy) is 1. The van der Waals surface area contributed by atoms with E-state index in [2.05, 4.69) is 0 Å². The number of aryl methyl sites for hydroxylation is 1. The molecule has 0 saturated carbocycles. The van der Waals surface area contributed by atoms with E-state index in [1.165, 1.54) is 36.4 Å². The van der Waals surface area contributed by atoms with Gasteiger partial charge in [-0.3, -0.25) is 14.9 Å². The highest BCUT2D eigenvalue weighted by Gasteiger charge is 2.30. The average Bonchev–Trinajstić information content (AvgIpc) is 2.60. The second-order valence-electron chi connectivity index (χ2n) is 7.22. The molecular weight excluding hydrogens is 350 g/mol. The van der Waals surface area contributed by atoms with E-state index in [1.807, 2.05) is 13.8 Å². The van der Waals surface area contributed by atoms with E-state index in [9.17, 15) is 20.0 Å². The Kier molecular flexibility index (Phi) is 3.69. The number of fused-ring (bicyclic) bond motifs is 3. The fourth-order valence-corrected chi connectivity index (χ4v) is 3.34. The third kappa shape index (κ3) is 2.91. The van der Waals surface area contributed by atoms with E-state index < -0.39 is 4.92 Å². The topological polar surface area (TPSA) is 103 Å². The Morgan fingerprint density at radius 2 is 1.89 bits per heavy atom. The lowest BCUT2D eigenvalue weighted by Gasteiger charge is -2.32. The lowest BCUT2D eigenvalue weighted by molar-refractivity contribution is -0.384. The standard InChI is InChI=1S/C20H17NO6/c1-20(2)8-7-13-17(27-20)10-15(23)18-14(22)9-16(26-19(13)18)11-3-5-12(6-4-11)21(24)25/h3-6,9-10,23H,7-8H2,1-2H3. The predicted molar refractivity (Wildman–Crippen MR) is 99.3 cm³/mol. The second-order valence-corrected chi connectivity index (χ2v) is 7.22. The number of non-ortho nitro benzene ring substituents is 1. The van der Waals surface area contributed by atoms with Gasteiger partial charge < -0.3 is 14.3 Å². The van der Waals surface area contributed by atoms with Gasteiger partial charge in [0.1, 0.15) is 33.8 Å². The number of phenolic OH excluding ortho intramolecular Hbond substituents is 1. The van der Waals surface area contributed by atoms with Crippen molar-refractivity contribution in [2.75, 3.05) is 0 Å². The Morgan fingerprint density at radius 3 is 2.56 bits per heavy atom. The van der Waals surface area contributed by atoms with Crippen LogP contribution < -0.4 is 10.2 Å². The summed E-state index contributed by atoms with van der Waals surface area (Å²) in [6.07, 6.45) is 1.39.